The third-order valence-corrected chi connectivity index (χ3v) is 5.39. The topological polar surface area (TPSA) is 66.9 Å². The van der Waals surface area contributed by atoms with E-state index in [0.29, 0.717) is 37.1 Å². The van der Waals surface area contributed by atoms with Crippen LogP contribution >= 0.6 is 0 Å². The molecule has 0 spiro atoms. The first-order valence-electron chi connectivity index (χ1n) is 8.29. The smallest absolute Gasteiger partial charge is 0.243 e. The van der Waals surface area contributed by atoms with Crippen LogP contribution < -0.4 is 9.04 Å². The zero-order valence-electron chi connectivity index (χ0n) is 14.6. The lowest BCUT2D eigenvalue weighted by molar-refractivity contribution is -0.130. The summed E-state index contributed by atoms with van der Waals surface area (Å²) in [6.45, 7) is 5.82. The fourth-order valence-corrected chi connectivity index (χ4v) is 3.61. The first-order valence-corrected chi connectivity index (χ1v) is 10.1. The largest absolute Gasteiger partial charge is 0.494 e. The molecule has 6 nitrogen and oxygen atoms in total. The zero-order valence-corrected chi connectivity index (χ0v) is 15.4. The maximum Gasteiger partial charge on any atom is 0.243 e. The Labute approximate surface area is 144 Å². The molecular formula is C17H26N2O4S. The number of nitrogens with zero attached hydrogens (tertiary/aromatic N) is 2. The van der Waals surface area contributed by atoms with Gasteiger partial charge in [-0.3, -0.25) is 9.10 Å². The molecule has 1 aliphatic rings. The summed E-state index contributed by atoms with van der Waals surface area (Å²) < 4.78 is 30.8. The molecule has 0 N–H and O–H groups in total. The molecule has 0 aromatic heterocycles. The van der Waals surface area contributed by atoms with Crippen molar-refractivity contribution >= 4 is 21.6 Å². The minimum absolute atomic E-state index is 0.152. The molecule has 0 saturated carbocycles. The molecule has 7 heteroatoms. The van der Waals surface area contributed by atoms with E-state index in [4.69, 9.17) is 4.74 Å². The van der Waals surface area contributed by atoms with Crippen LogP contribution in [0.3, 0.4) is 0 Å². The molecule has 0 radical (unpaired) electrons. The normalized spacial score (nSPS) is 16.0. The summed E-state index contributed by atoms with van der Waals surface area (Å²) in [4.78, 5) is 14.3. The van der Waals surface area contributed by atoms with Crippen LogP contribution in [0.2, 0.25) is 0 Å². The van der Waals surface area contributed by atoms with Crippen LogP contribution in [0.4, 0.5) is 5.69 Å². The van der Waals surface area contributed by atoms with Crippen LogP contribution in [0.25, 0.3) is 0 Å². The number of anilines is 1. The lowest BCUT2D eigenvalue weighted by atomic mass is 9.99. The second-order valence-electron chi connectivity index (χ2n) is 6.26. The van der Waals surface area contributed by atoms with Gasteiger partial charge in [0.05, 0.1) is 18.6 Å². The monoisotopic (exact) mass is 354 g/mol. The first kappa shape index (κ1) is 18.6. The molecule has 0 bridgehead atoms. The van der Waals surface area contributed by atoms with Crippen molar-refractivity contribution in [3.8, 4) is 5.75 Å². The number of ether oxygens (including phenoxy) is 1. The summed E-state index contributed by atoms with van der Waals surface area (Å²) in [5, 5.41) is 0. The first-order chi connectivity index (χ1) is 11.3. The predicted molar refractivity (Wildman–Crippen MR) is 94.8 cm³/mol. The fourth-order valence-electron chi connectivity index (χ4n) is 2.76. The number of amides is 1. The summed E-state index contributed by atoms with van der Waals surface area (Å²) in [5.41, 5.74) is 0.472. The Morgan fingerprint density at radius 3 is 2.33 bits per heavy atom. The molecule has 1 saturated heterocycles. The highest BCUT2D eigenvalue weighted by molar-refractivity contribution is 7.92. The van der Waals surface area contributed by atoms with Gasteiger partial charge in [-0.2, -0.15) is 0 Å². The Balaban J connectivity index is 2.12. The molecule has 0 atom stereocenters. The number of piperidine rings is 1. The summed E-state index contributed by atoms with van der Waals surface area (Å²) in [7, 11) is -3.54. The van der Waals surface area contributed by atoms with E-state index in [0.717, 1.165) is 23.4 Å². The standard InChI is InChI=1S/C17H26N2O4S/c1-4-23-16-7-5-15(6-8-16)19(24(3,21)22)13-17(20)18-11-9-14(2)10-12-18/h5-8,14H,4,9-13H2,1-3H3. The van der Waals surface area contributed by atoms with Crippen molar-refractivity contribution in [2.75, 3.05) is 36.8 Å². The van der Waals surface area contributed by atoms with Gasteiger partial charge in [0, 0.05) is 13.1 Å². The van der Waals surface area contributed by atoms with E-state index < -0.39 is 10.0 Å². The van der Waals surface area contributed by atoms with Crippen LogP contribution in [0.15, 0.2) is 24.3 Å². The highest BCUT2D eigenvalue weighted by atomic mass is 32.2. The quantitative estimate of drug-likeness (QED) is 0.785. The molecule has 134 valence electrons. The Morgan fingerprint density at radius 2 is 1.83 bits per heavy atom. The third kappa shape index (κ3) is 4.87. The summed E-state index contributed by atoms with van der Waals surface area (Å²) >= 11 is 0. The lowest BCUT2D eigenvalue weighted by Crippen LogP contribution is -2.45. The molecule has 0 unspecified atom stereocenters. The number of rotatable bonds is 6. The maximum atomic E-state index is 12.5. The highest BCUT2D eigenvalue weighted by Gasteiger charge is 2.26. The zero-order chi connectivity index (χ0) is 17.7. The molecule has 1 aromatic rings. The fraction of sp³-hybridized carbons (Fsp3) is 0.588. The molecule has 0 aliphatic carbocycles. The van der Waals surface area contributed by atoms with Gasteiger partial charge in [0.25, 0.3) is 0 Å². The molecule has 2 rings (SSSR count). The number of hydrogen-bond donors (Lipinski definition) is 0. The number of benzene rings is 1. The molecular weight excluding hydrogens is 328 g/mol. The number of carbonyl (C=O) groups excluding carboxylic acids is 1. The van der Waals surface area contributed by atoms with Crippen molar-refractivity contribution in [2.45, 2.75) is 26.7 Å². The van der Waals surface area contributed by atoms with Crippen LogP contribution in [0.1, 0.15) is 26.7 Å². The molecule has 24 heavy (non-hydrogen) atoms. The molecule has 1 fully saturated rings. The average molecular weight is 354 g/mol. The predicted octanol–water partition coefficient (Wildman–Crippen LogP) is 2.11. The van der Waals surface area contributed by atoms with E-state index >= 15 is 0 Å². The van der Waals surface area contributed by atoms with Gasteiger partial charge in [-0.05, 0) is 49.9 Å². The Kier molecular flexibility index (Phi) is 6.10. The van der Waals surface area contributed by atoms with E-state index in [2.05, 4.69) is 6.92 Å². The van der Waals surface area contributed by atoms with E-state index in [1.807, 2.05) is 6.92 Å². The summed E-state index contributed by atoms with van der Waals surface area (Å²) in [6.07, 6.45) is 3.05. The van der Waals surface area contributed by atoms with Crippen LogP contribution in [-0.2, 0) is 14.8 Å². The van der Waals surface area contributed by atoms with Gasteiger partial charge in [-0.25, -0.2) is 8.42 Å². The van der Waals surface area contributed by atoms with Crippen LogP contribution in [0.5, 0.6) is 5.75 Å². The van der Waals surface area contributed by atoms with Crippen molar-refractivity contribution in [2.24, 2.45) is 5.92 Å². The molecule has 1 aromatic carbocycles. The molecule has 1 aliphatic heterocycles. The number of hydrogen-bond acceptors (Lipinski definition) is 4. The Bertz CT molecular complexity index is 650. The van der Waals surface area contributed by atoms with Crippen molar-refractivity contribution in [3.05, 3.63) is 24.3 Å². The van der Waals surface area contributed by atoms with E-state index in [9.17, 15) is 13.2 Å². The third-order valence-electron chi connectivity index (χ3n) is 4.25. The Hall–Kier alpha value is -1.76. The van der Waals surface area contributed by atoms with E-state index in [1.165, 1.54) is 0 Å². The van der Waals surface area contributed by atoms with Gasteiger partial charge in [0.15, 0.2) is 0 Å². The second-order valence-corrected chi connectivity index (χ2v) is 8.17. The summed E-state index contributed by atoms with van der Waals surface area (Å²) in [6, 6.07) is 6.75. The van der Waals surface area contributed by atoms with E-state index in [-0.39, 0.29) is 12.5 Å². The molecule has 1 amide bonds. The van der Waals surface area contributed by atoms with Crippen molar-refractivity contribution in [1.82, 2.24) is 4.90 Å². The van der Waals surface area contributed by atoms with Crippen molar-refractivity contribution < 1.29 is 17.9 Å². The van der Waals surface area contributed by atoms with E-state index in [1.54, 1.807) is 29.2 Å². The highest BCUT2D eigenvalue weighted by Crippen LogP contribution is 2.22. The lowest BCUT2D eigenvalue weighted by Gasteiger charge is -2.32. The Morgan fingerprint density at radius 1 is 1.25 bits per heavy atom. The second kappa shape index (κ2) is 7.88. The SMILES string of the molecule is CCOc1ccc(N(CC(=O)N2CCC(C)CC2)S(C)(=O)=O)cc1. The van der Waals surface area contributed by atoms with Gasteiger partial charge in [-0.15, -0.1) is 0 Å². The average Bonchev–Trinajstić information content (AvgIpc) is 2.53. The van der Waals surface area contributed by atoms with Gasteiger partial charge in [0.1, 0.15) is 12.3 Å². The summed E-state index contributed by atoms with van der Waals surface area (Å²) in [5.74, 6) is 1.14. The minimum atomic E-state index is -3.54. The number of sulfonamides is 1. The van der Waals surface area contributed by atoms with Crippen LogP contribution in [-0.4, -0.2) is 51.7 Å². The number of likely N-dealkylation sites (tertiary alicyclic amines) is 1. The van der Waals surface area contributed by atoms with Gasteiger partial charge in [-0.1, -0.05) is 6.92 Å². The van der Waals surface area contributed by atoms with Crippen molar-refractivity contribution in [1.29, 1.82) is 0 Å². The van der Waals surface area contributed by atoms with Crippen LogP contribution in [0, 0.1) is 5.92 Å². The van der Waals surface area contributed by atoms with Crippen molar-refractivity contribution in [3.63, 3.8) is 0 Å². The number of carbonyl (C=O) groups is 1. The van der Waals surface area contributed by atoms with Gasteiger partial charge in [0.2, 0.25) is 15.9 Å². The maximum absolute atomic E-state index is 12.5. The van der Waals surface area contributed by atoms with Gasteiger partial charge >= 0.3 is 0 Å². The van der Waals surface area contributed by atoms with Gasteiger partial charge < -0.3 is 9.64 Å². The minimum Gasteiger partial charge on any atom is -0.494 e. The molecule has 1 heterocycles.